The Bertz CT molecular complexity index is 1800. The number of ether oxygens (including phenoxy) is 2. The normalized spacial score (nSPS) is 22.8. The highest BCUT2D eigenvalue weighted by Gasteiger charge is 2.56. The van der Waals surface area contributed by atoms with E-state index in [1.54, 1.807) is 7.11 Å². The molecule has 3 N–H and O–H groups in total. The molecule has 2 aromatic rings. The predicted molar refractivity (Wildman–Crippen MR) is 203 cm³/mol. The average molecular weight is 746 g/mol. The topological polar surface area (TPSA) is 165 Å². The minimum Gasteiger partial charge on any atom is -0.496 e. The van der Waals surface area contributed by atoms with Gasteiger partial charge in [0.2, 0.25) is 23.5 Å². The van der Waals surface area contributed by atoms with E-state index in [0.29, 0.717) is 37.3 Å². The lowest BCUT2D eigenvalue weighted by Crippen LogP contribution is -2.59. The van der Waals surface area contributed by atoms with Crippen LogP contribution >= 0.6 is 0 Å². The molecule has 1 unspecified atom stereocenters. The Labute approximate surface area is 317 Å². The summed E-state index contributed by atoms with van der Waals surface area (Å²) in [6.07, 6.45) is 1.79. The third-order valence-electron chi connectivity index (χ3n) is 10.6. The number of ketones is 1. The van der Waals surface area contributed by atoms with Gasteiger partial charge in [-0.05, 0) is 79.8 Å². The van der Waals surface area contributed by atoms with Crippen LogP contribution in [0.25, 0.3) is 0 Å². The highest BCUT2D eigenvalue weighted by atomic mass is 16.7. The summed E-state index contributed by atoms with van der Waals surface area (Å²) in [7, 11) is 2.96. The molecular weight excluding hydrogens is 690 g/mol. The zero-order valence-electron chi connectivity index (χ0n) is 33.0. The quantitative estimate of drug-likeness (QED) is 0.243. The van der Waals surface area contributed by atoms with E-state index in [2.05, 4.69) is 21.1 Å². The number of nitrogens with one attached hydrogen (secondary N) is 3. The number of amides is 4. The maximum absolute atomic E-state index is 14.8. The van der Waals surface area contributed by atoms with Crippen LogP contribution in [0.1, 0.15) is 94.9 Å². The monoisotopic (exact) mass is 745 g/mol. The molecule has 0 aromatic heterocycles. The third-order valence-corrected chi connectivity index (χ3v) is 10.6. The second kappa shape index (κ2) is 16.2. The van der Waals surface area contributed by atoms with Crippen LogP contribution in [0.2, 0.25) is 0 Å². The van der Waals surface area contributed by atoms with Crippen molar-refractivity contribution in [2.45, 2.75) is 110 Å². The predicted octanol–water partition coefficient (Wildman–Crippen LogP) is 4.11. The second-order valence-corrected chi connectivity index (χ2v) is 15.8. The van der Waals surface area contributed by atoms with Crippen molar-refractivity contribution in [3.8, 4) is 11.5 Å². The van der Waals surface area contributed by atoms with Crippen molar-refractivity contribution in [2.75, 3.05) is 27.3 Å². The smallest absolute Gasteiger partial charge is 0.289 e. The lowest BCUT2D eigenvalue weighted by molar-refractivity contribution is -0.145. The molecule has 1 saturated heterocycles. The van der Waals surface area contributed by atoms with Gasteiger partial charge in [-0.15, -0.1) is 0 Å². The fraction of sp³-hybridized carbons (Fsp3) is 0.561. The fourth-order valence-corrected chi connectivity index (χ4v) is 7.74. The molecule has 292 valence electrons. The summed E-state index contributed by atoms with van der Waals surface area (Å²) >= 11 is 0. The van der Waals surface area contributed by atoms with E-state index in [-0.39, 0.29) is 37.1 Å². The van der Waals surface area contributed by atoms with E-state index in [1.165, 1.54) is 11.9 Å². The summed E-state index contributed by atoms with van der Waals surface area (Å²) in [5.41, 5.74) is 2.58. The van der Waals surface area contributed by atoms with Gasteiger partial charge in [0.1, 0.15) is 23.6 Å². The molecule has 5 rings (SSSR count). The van der Waals surface area contributed by atoms with Gasteiger partial charge in [0.05, 0.1) is 32.0 Å². The molecule has 3 aliphatic rings. The number of carbonyl (C=O) groups excluding carboxylic acids is 5. The number of hydrogen-bond donors (Lipinski definition) is 3. The van der Waals surface area contributed by atoms with Crippen molar-refractivity contribution < 1.29 is 38.3 Å². The number of aryl methyl sites for hydroxylation is 2. The molecule has 6 atom stereocenters. The van der Waals surface area contributed by atoms with Gasteiger partial charge in [0, 0.05) is 31.4 Å². The molecule has 1 saturated carbocycles. The summed E-state index contributed by atoms with van der Waals surface area (Å²) in [5.74, 6) is -1.73. The van der Waals surface area contributed by atoms with Crippen LogP contribution in [0.3, 0.4) is 0 Å². The van der Waals surface area contributed by atoms with Crippen LogP contribution in [-0.4, -0.2) is 91.1 Å². The number of likely N-dealkylation sites (N-methyl/N-ethyl adjacent to an activating group) is 1. The molecule has 0 bridgehead atoms. The minimum absolute atomic E-state index is 0.0173. The van der Waals surface area contributed by atoms with Gasteiger partial charge in [0.15, 0.2) is 5.60 Å². The van der Waals surface area contributed by atoms with E-state index >= 15 is 0 Å². The van der Waals surface area contributed by atoms with Crippen molar-refractivity contribution in [1.29, 1.82) is 0 Å². The van der Waals surface area contributed by atoms with Crippen LogP contribution in [0, 0.1) is 25.2 Å². The maximum Gasteiger partial charge on any atom is 0.289 e. The van der Waals surface area contributed by atoms with E-state index in [9.17, 15) is 24.0 Å². The summed E-state index contributed by atoms with van der Waals surface area (Å²) in [6.45, 7) is 13.9. The second-order valence-electron chi connectivity index (χ2n) is 15.8. The van der Waals surface area contributed by atoms with Crippen molar-refractivity contribution in [3.63, 3.8) is 0 Å². The number of para-hydroxylation sites is 1. The summed E-state index contributed by atoms with van der Waals surface area (Å²) < 4.78 is 11.4. The number of oxime groups is 1. The Morgan fingerprint density at radius 2 is 1.72 bits per heavy atom. The molecule has 1 spiro atoms. The van der Waals surface area contributed by atoms with Crippen LogP contribution < -0.4 is 25.4 Å². The van der Waals surface area contributed by atoms with Crippen LogP contribution in [0.5, 0.6) is 11.5 Å². The molecule has 13 heteroatoms. The Morgan fingerprint density at radius 3 is 2.33 bits per heavy atom. The number of rotatable bonds is 14. The van der Waals surface area contributed by atoms with E-state index < -0.39 is 52.6 Å². The molecule has 2 fully saturated rings. The number of hydrogen-bond acceptors (Lipinski definition) is 9. The first-order chi connectivity index (χ1) is 25.6. The standard InChI is InChI=1S/C41H55N5O8/c1-10-14-29(33(47)38(50)42-8)43-37(49)31-21-41(20-30(45-54-41)25-17-23(3)34(53-11-2)24(4)18-25)22-46(31)39(51)35(40(5,6)7)44-36(48)28-19-27(28)26-15-12-13-16-32(26)52-9/h12-13,15-18,27-29,31,35H,10-11,14,19-22H2,1-9H3,(H,42,50)(H,43,49)(H,44,48)/t27-,28?,29-,31-,35+,41+/m0/s1. The van der Waals surface area contributed by atoms with E-state index in [1.807, 2.05) is 84.9 Å². The summed E-state index contributed by atoms with van der Waals surface area (Å²) in [4.78, 5) is 75.8. The average Bonchev–Trinajstić information content (AvgIpc) is 3.70. The van der Waals surface area contributed by atoms with Crippen molar-refractivity contribution in [2.24, 2.45) is 16.5 Å². The van der Waals surface area contributed by atoms with Gasteiger partial charge >= 0.3 is 0 Å². The van der Waals surface area contributed by atoms with Gasteiger partial charge in [-0.25, -0.2) is 0 Å². The van der Waals surface area contributed by atoms with Crippen LogP contribution in [-0.2, 0) is 28.8 Å². The van der Waals surface area contributed by atoms with Gasteiger partial charge < -0.3 is 35.2 Å². The number of benzene rings is 2. The van der Waals surface area contributed by atoms with Crippen molar-refractivity contribution in [1.82, 2.24) is 20.9 Å². The van der Waals surface area contributed by atoms with Gasteiger partial charge in [-0.1, -0.05) is 57.5 Å². The molecule has 2 aromatic carbocycles. The van der Waals surface area contributed by atoms with Crippen LogP contribution in [0.4, 0.5) is 0 Å². The zero-order chi connectivity index (χ0) is 39.5. The number of likely N-dealkylation sites (tertiary alicyclic amines) is 1. The SMILES string of the molecule is CCC[C@H](NC(=O)[C@@H]1C[C@]2(CC(c3cc(C)c(OCC)c(C)c3)=NO2)CN1C(=O)[C@@H](NC(=O)C1C[C@H]1c1ccccc1OC)C(C)(C)C)C(=O)C(=O)NC. The number of Topliss-reactive ketones (excluding diaryl/α,β-unsaturated/α-hetero) is 1. The number of nitrogens with zero attached hydrogens (tertiary/aromatic N) is 2. The van der Waals surface area contributed by atoms with Gasteiger partial charge in [0.25, 0.3) is 5.91 Å². The van der Waals surface area contributed by atoms with Gasteiger partial charge in [-0.2, -0.15) is 0 Å². The Morgan fingerprint density at radius 1 is 1.04 bits per heavy atom. The van der Waals surface area contributed by atoms with Crippen molar-refractivity contribution in [3.05, 3.63) is 58.7 Å². The Balaban J connectivity index is 1.42. The largest absolute Gasteiger partial charge is 0.496 e. The lowest BCUT2D eigenvalue weighted by atomic mass is 9.85. The first-order valence-corrected chi connectivity index (χ1v) is 18.9. The molecule has 4 amide bonds. The fourth-order valence-electron chi connectivity index (χ4n) is 7.74. The first-order valence-electron chi connectivity index (χ1n) is 18.9. The maximum atomic E-state index is 14.8. The highest BCUT2D eigenvalue weighted by molar-refractivity contribution is 6.38. The van der Waals surface area contributed by atoms with E-state index in [4.69, 9.17) is 14.3 Å². The minimum atomic E-state index is -1.08. The first kappa shape index (κ1) is 40.2. The molecule has 0 radical (unpaired) electrons. The number of methoxy groups -OCH3 is 1. The summed E-state index contributed by atoms with van der Waals surface area (Å²) in [6, 6.07) is 8.43. The van der Waals surface area contributed by atoms with Crippen molar-refractivity contribution >= 4 is 35.1 Å². The van der Waals surface area contributed by atoms with Gasteiger partial charge in [-0.3, -0.25) is 24.0 Å². The third kappa shape index (κ3) is 8.39. The lowest BCUT2D eigenvalue weighted by Gasteiger charge is -2.35. The molecule has 13 nitrogen and oxygen atoms in total. The van der Waals surface area contributed by atoms with Crippen LogP contribution in [0.15, 0.2) is 41.6 Å². The molecule has 1 aliphatic carbocycles. The molecular formula is C41H55N5O8. The molecule has 2 heterocycles. The molecule has 54 heavy (non-hydrogen) atoms. The Hall–Kier alpha value is -4.94. The Kier molecular flexibility index (Phi) is 12.1. The zero-order valence-corrected chi connectivity index (χ0v) is 33.0. The molecule has 2 aliphatic heterocycles. The summed E-state index contributed by atoms with van der Waals surface area (Å²) in [5, 5.41) is 12.6. The highest BCUT2D eigenvalue weighted by Crippen LogP contribution is 2.50. The number of carbonyl (C=O) groups is 5. The van der Waals surface area contributed by atoms with E-state index in [0.717, 1.165) is 28.0 Å².